The van der Waals surface area contributed by atoms with Crippen LogP contribution in [-0.2, 0) is 21.7 Å². The van der Waals surface area contributed by atoms with Crippen LogP contribution in [0.5, 0.6) is 0 Å². The topological polar surface area (TPSA) is 0 Å². The van der Waals surface area contributed by atoms with Gasteiger partial charge in [0.15, 0.2) is 0 Å². The minimum Gasteiger partial charge on any atom is -0.0888 e. The molecule has 8 heteroatoms. The third-order valence-electron chi connectivity index (χ3n) is 9.66. The quantitative estimate of drug-likeness (QED) is 0.137. The largest absolute Gasteiger partial charge is 0.0888 e. The predicted molar refractivity (Wildman–Crippen MR) is 275 cm³/mol. The Balaban J connectivity index is 1.88. The predicted octanol–water partition coefficient (Wildman–Crippen LogP) is 19.7. The van der Waals surface area contributed by atoms with E-state index in [4.69, 9.17) is 0 Å². The van der Waals surface area contributed by atoms with Crippen molar-refractivity contribution in [3.05, 3.63) is 137 Å². The summed E-state index contributed by atoms with van der Waals surface area (Å²) >= 11 is 22.6. The smallest absolute Gasteiger partial charge is 0.0610 e. The molecule has 0 N–H and O–H groups in total. The lowest BCUT2D eigenvalue weighted by molar-refractivity contribution is 0.589. The Hall–Kier alpha value is -1.10. The van der Waals surface area contributed by atoms with Crippen LogP contribution in [0, 0.1) is 0 Å². The molecule has 0 aliphatic carbocycles. The van der Waals surface area contributed by atoms with Crippen molar-refractivity contribution in [3.8, 4) is 0 Å². The van der Waals surface area contributed by atoms with Crippen LogP contribution in [0.4, 0.5) is 0 Å². The summed E-state index contributed by atoms with van der Waals surface area (Å²) in [5, 5.41) is 0. The molecule has 0 radical (unpaired) electrons. The molecular formula is C50H54Br4S4. The molecule has 5 aromatic carbocycles. The summed E-state index contributed by atoms with van der Waals surface area (Å²) in [7, 11) is 0. The van der Waals surface area contributed by atoms with E-state index in [2.05, 4.69) is 256 Å². The van der Waals surface area contributed by atoms with Crippen LogP contribution in [0.15, 0.2) is 143 Å². The summed E-state index contributed by atoms with van der Waals surface area (Å²) in [6, 6.07) is 36.5. The molecule has 0 atom stereocenters. The second kappa shape index (κ2) is 19.5. The average Bonchev–Trinajstić information content (AvgIpc) is 3.11. The van der Waals surface area contributed by atoms with Crippen LogP contribution in [0.1, 0.15) is 116 Å². The van der Waals surface area contributed by atoms with Gasteiger partial charge in [-0.3, -0.25) is 0 Å². The zero-order chi connectivity index (χ0) is 42.8. The molecule has 0 saturated carbocycles. The van der Waals surface area contributed by atoms with E-state index in [0.717, 1.165) is 17.9 Å². The van der Waals surface area contributed by atoms with Crippen LogP contribution in [0.3, 0.4) is 0 Å². The van der Waals surface area contributed by atoms with E-state index < -0.39 is 0 Å². The molecule has 58 heavy (non-hydrogen) atoms. The summed E-state index contributed by atoms with van der Waals surface area (Å²) in [6.45, 7) is 27.3. The number of benzene rings is 5. The maximum atomic E-state index is 3.81. The molecule has 0 aliphatic heterocycles. The Morgan fingerprint density at radius 1 is 0.328 bits per heavy atom. The Kier molecular flexibility index (Phi) is 16.1. The maximum absolute atomic E-state index is 3.81. The Labute approximate surface area is 400 Å². The highest BCUT2D eigenvalue weighted by Crippen LogP contribution is 2.55. The zero-order valence-electron chi connectivity index (χ0n) is 35.5. The van der Waals surface area contributed by atoms with Crippen LogP contribution in [0.2, 0.25) is 0 Å². The minimum atomic E-state index is 0.0633. The second-order valence-electron chi connectivity index (χ2n) is 18.5. The van der Waals surface area contributed by atoms with Crippen LogP contribution >= 0.6 is 111 Å². The third kappa shape index (κ3) is 13.0. The van der Waals surface area contributed by atoms with Crippen molar-refractivity contribution < 1.29 is 0 Å². The molecule has 0 aliphatic rings. The van der Waals surface area contributed by atoms with E-state index in [9.17, 15) is 0 Å². The number of hydrogen-bond donors (Lipinski definition) is 0. The van der Waals surface area contributed by atoms with Crippen molar-refractivity contribution in [2.75, 3.05) is 0 Å². The summed E-state index contributed by atoms with van der Waals surface area (Å²) in [5.41, 5.74) is 7.83. The van der Waals surface area contributed by atoms with Gasteiger partial charge >= 0.3 is 0 Å². The maximum Gasteiger partial charge on any atom is 0.0610 e. The first-order valence-electron chi connectivity index (χ1n) is 19.3. The van der Waals surface area contributed by atoms with Gasteiger partial charge in [-0.2, -0.15) is 0 Å². The minimum absolute atomic E-state index is 0.0633. The van der Waals surface area contributed by atoms with Gasteiger partial charge in [0.2, 0.25) is 0 Å². The lowest BCUT2D eigenvalue weighted by Crippen LogP contribution is -2.10. The molecule has 0 bridgehead atoms. The molecule has 0 heterocycles. The fourth-order valence-corrected chi connectivity index (χ4v) is 11.7. The lowest BCUT2D eigenvalue weighted by Gasteiger charge is -2.25. The first-order chi connectivity index (χ1) is 26.9. The first-order valence-corrected chi connectivity index (χ1v) is 25.8. The van der Waals surface area contributed by atoms with Gasteiger partial charge in [0.25, 0.3) is 0 Å². The van der Waals surface area contributed by atoms with Crippen molar-refractivity contribution in [1.29, 1.82) is 0 Å². The Morgan fingerprint density at radius 2 is 0.534 bits per heavy atom. The van der Waals surface area contributed by atoms with Crippen molar-refractivity contribution in [2.24, 2.45) is 0 Å². The normalized spacial score (nSPS) is 12.4. The van der Waals surface area contributed by atoms with E-state index in [1.165, 1.54) is 61.4 Å². The monoisotopic (exact) mass is 1100 g/mol. The van der Waals surface area contributed by atoms with Gasteiger partial charge in [-0.25, -0.2) is 0 Å². The average molecular weight is 1100 g/mol. The van der Waals surface area contributed by atoms with Crippen molar-refractivity contribution in [1.82, 2.24) is 0 Å². The lowest BCUT2D eigenvalue weighted by atomic mass is 9.87. The summed E-state index contributed by atoms with van der Waals surface area (Å²) in [5.74, 6) is 0. The third-order valence-corrected chi connectivity index (χ3v) is 15.4. The Morgan fingerprint density at radius 3 is 0.741 bits per heavy atom. The highest BCUT2D eigenvalue weighted by molar-refractivity contribution is 9.28. The molecule has 0 unspecified atom stereocenters. The van der Waals surface area contributed by atoms with Crippen molar-refractivity contribution >= 4 is 123 Å². The number of halogens is 4. The zero-order valence-corrected chi connectivity index (χ0v) is 45.1. The SMILES string of the molecule is CC(C)(C)c1ccc(Sc2c(C=C(Br)Br)c(Sc3ccc(C(C)(C)C)cc3)c(Sc3ccc(C(C)(C)C)cc3)c(Sc3ccc(C(C)(C)C)cc3)c2C=C(Br)Br)cc1. The first kappa shape index (κ1) is 47.9. The molecule has 0 saturated heterocycles. The van der Waals surface area contributed by atoms with Crippen LogP contribution < -0.4 is 0 Å². The molecule has 306 valence electrons. The summed E-state index contributed by atoms with van der Waals surface area (Å²) < 4.78 is 1.76. The van der Waals surface area contributed by atoms with Gasteiger partial charge in [-0.1, -0.05) is 179 Å². The molecule has 5 aromatic rings. The second-order valence-corrected chi connectivity index (χ2v) is 28.4. The molecule has 0 amide bonds. The number of hydrogen-bond acceptors (Lipinski definition) is 4. The van der Waals surface area contributed by atoms with E-state index in [1.807, 2.05) is 47.0 Å². The van der Waals surface area contributed by atoms with E-state index in [-0.39, 0.29) is 21.7 Å². The fourth-order valence-electron chi connectivity index (χ4n) is 6.15. The van der Waals surface area contributed by atoms with Gasteiger partial charge < -0.3 is 0 Å². The van der Waals surface area contributed by atoms with Gasteiger partial charge in [-0.05, 0) is 168 Å². The van der Waals surface area contributed by atoms with E-state index in [0.29, 0.717) is 0 Å². The van der Waals surface area contributed by atoms with E-state index >= 15 is 0 Å². The fraction of sp³-hybridized carbons (Fsp3) is 0.320. The molecule has 5 rings (SSSR count). The molecule has 0 aromatic heterocycles. The highest BCUT2D eigenvalue weighted by atomic mass is 79.9. The standard InChI is InChI=1S/C50H54Br4S4/c1-47(2,3)31-13-21-35(22-14-31)55-43-39(29-41(51)52)44(56-36-23-15-32(16-24-36)48(4,5)6)46(58-38-27-19-34(20-28-38)50(10,11)12)45(40(43)30-42(53)54)57-37-25-17-33(18-26-37)49(7,8)9/h13-30H,1-12H3. The highest BCUT2D eigenvalue weighted by Gasteiger charge is 2.27. The van der Waals surface area contributed by atoms with Gasteiger partial charge in [-0.15, -0.1) is 0 Å². The number of rotatable bonds is 10. The molecule has 0 nitrogen and oxygen atoms in total. The van der Waals surface area contributed by atoms with Gasteiger partial charge in [0.05, 0.1) is 6.78 Å². The summed E-state index contributed by atoms with van der Waals surface area (Å²) in [4.78, 5) is 9.56. The molecule has 0 spiro atoms. The summed E-state index contributed by atoms with van der Waals surface area (Å²) in [6.07, 6.45) is 4.47. The van der Waals surface area contributed by atoms with Crippen molar-refractivity contribution in [2.45, 2.75) is 144 Å². The Bertz CT molecular complexity index is 2150. The van der Waals surface area contributed by atoms with Crippen LogP contribution in [0.25, 0.3) is 12.2 Å². The van der Waals surface area contributed by atoms with Crippen LogP contribution in [-0.4, -0.2) is 0 Å². The van der Waals surface area contributed by atoms with Gasteiger partial charge in [0, 0.05) is 50.3 Å². The molecular weight excluding hydrogens is 1050 g/mol. The van der Waals surface area contributed by atoms with Gasteiger partial charge in [0.1, 0.15) is 0 Å². The van der Waals surface area contributed by atoms with Crippen molar-refractivity contribution in [3.63, 3.8) is 0 Å². The molecule has 0 fully saturated rings. The van der Waals surface area contributed by atoms with E-state index in [1.54, 1.807) is 0 Å².